The van der Waals surface area contributed by atoms with Crippen LogP contribution in [0.25, 0.3) is 0 Å². The lowest BCUT2D eigenvalue weighted by atomic mass is 9.81. The number of halogens is 1. The fraction of sp³-hybridized carbons (Fsp3) is 0.214. The molecule has 0 amide bonds. The van der Waals surface area contributed by atoms with Gasteiger partial charge in [-0.25, -0.2) is 15.5 Å². The first kappa shape index (κ1) is 24.4. The fourth-order valence-corrected chi connectivity index (χ4v) is 5.20. The van der Waals surface area contributed by atoms with Gasteiger partial charge in [0, 0.05) is 36.0 Å². The van der Waals surface area contributed by atoms with Crippen molar-refractivity contribution in [3.8, 4) is 0 Å². The molecule has 38 heavy (non-hydrogen) atoms. The van der Waals surface area contributed by atoms with E-state index in [1.807, 2.05) is 91.8 Å². The largest absolute Gasteiger partial charge is 0.377 e. The second-order valence-electron chi connectivity index (χ2n) is 9.31. The van der Waals surface area contributed by atoms with Crippen LogP contribution in [0.5, 0.6) is 0 Å². The number of hydrazone groups is 1. The molecule has 0 bridgehead atoms. The third-order valence-electron chi connectivity index (χ3n) is 6.93. The Kier molecular flexibility index (Phi) is 6.29. The summed E-state index contributed by atoms with van der Waals surface area (Å²) in [6, 6.07) is 21.4. The molecule has 0 aromatic heterocycles. The van der Waals surface area contributed by atoms with E-state index in [4.69, 9.17) is 21.3 Å². The minimum Gasteiger partial charge on any atom is -0.377 e. The zero-order valence-corrected chi connectivity index (χ0v) is 21.8. The zero-order valence-electron chi connectivity index (χ0n) is 21.1. The van der Waals surface area contributed by atoms with Gasteiger partial charge in [-0.3, -0.25) is 0 Å². The van der Waals surface area contributed by atoms with Crippen molar-refractivity contribution < 1.29 is 9.84 Å². The van der Waals surface area contributed by atoms with Crippen molar-refractivity contribution >= 4 is 29.0 Å². The molecule has 3 aliphatic rings. The molecular weight excluding hydrogens is 502 g/mol. The molecule has 9 nitrogen and oxygen atoms in total. The number of nitrogens with one attached hydrogen (secondary N) is 3. The molecule has 0 aliphatic carbocycles. The van der Waals surface area contributed by atoms with Crippen molar-refractivity contribution in [2.75, 3.05) is 25.3 Å². The summed E-state index contributed by atoms with van der Waals surface area (Å²) in [7, 11) is 1.96. The number of hydrazine groups is 2. The van der Waals surface area contributed by atoms with Gasteiger partial charge in [0.15, 0.2) is 5.60 Å². The van der Waals surface area contributed by atoms with E-state index in [0.717, 1.165) is 33.6 Å². The number of likely N-dealkylation sites (N-methyl/N-ethyl adjacent to an activating group) is 1. The third-order valence-corrected chi connectivity index (χ3v) is 7.17. The Morgan fingerprint density at radius 2 is 1.89 bits per heavy atom. The van der Waals surface area contributed by atoms with Gasteiger partial charge in [-0.15, -0.1) is 10.6 Å². The van der Waals surface area contributed by atoms with Gasteiger partial charge in [0.2, 0.25) is 0 Å². The van der Waals surface area contributed by atoms with Gasteiger partial charge in [-0.05, 0) is 47.9 Å². The number of anilines is 1. The highest BCUT2D eigenvalue weighted by Gasteiger charge is 2.41. The van der Waals surface area contributed by atoms with Crippen LogP contribution >= 0.6 is 11.6 Å². The first-order valence-electron chi connectivity index (χ1n) is 12.4. The molecule has 194 valence electrons. The standard InChI is InChI=1S/C28H28ClN7O2/c1-3-38-16-18-7-9-20(10-8-18)28(37,25-15-30-17-35(25)2)21-11-12-24-23(14-21)26(19-5-4-6-22(29)13-19)31-27-32-33-34-36(24)27/h4-15,30,33-34,37H,3,16-17H2,1-2H3. The second kappa shape index (κ2) is 9.77. The quantitative estimate of drug-likeness (QED) is 0.372. The topological polar surface area (TPSA) is 96.8 Å². The Balaban J connectivity index is 1.51. The highest BCUT2D eigenvalue weighted by atomic mass is 35.5. The van der Waals surface area contributed by atoms with Crippen LogP contribution in [0.3, 0.4) is 0 Å². The van der Waals surface area contributed by atoms with Crippen LogP contribution < -0.4 is 21.4 Å². The van der Waals surface area contributed by atoms with Crippen LogP contribution in [-0.4, -0.2) is 42.0 Å². The molecule has 10 heteroatoms. The fourth-order valence-electron chi connectivity index (χ4n) is 5.01. The zero-order chi connectivity index (χ0) is 26.3. The summed E-state index contributed by atoms with van der Waals surface area (Å²) in [5, 5.41) is 22.5. The molecule has 3 aromatic rings. The lowest BCUT2D eigenvalue weighted by Gasteiger charge is -2.35. The highest BCUT2D eigenvalue weighted by Crippen LogP contribution is 2.41. The van der Waals surface area contributed by atoms with Crippen LogP contribution in [0, 0.1) is 0 Å². The van der Waals surface area contributed by atoms with Crippen LogP contribution in [0.15, 0.2) is 88.7 Å². The molecular formula is C28H28ClN7O2. The number of hydrogen-bond acceptors (Lipinski definition) is 9. The van der Waals surface area contributed by atoms with Crippen molar-refractivity contribution in [1.82, 2.24) is 21.3 Å². The van der Waals surface area contributed by atoms with Crippen LogP contribution in [0.4, 0.5) is 5.69 Å². The van der Waals surface area contributed by atoms with Gasteiger partial charge < -0.3 is 20.1 Å². The molecule has 3 aliphatic heterocycles. The molecule has 0 fully saturated rings. The Morgan fingerprint density at radius 1 is 1.08 bits per heavy atom. The maximum absolute atomic E-state index is 12.6. The maximum atomic E-state index is 12.6. The highest BCUT2D eigenvalue weighted by molar-refractivity contribution is 6.32. The average Bonchev–Trinajstić information content (AvgIpc) is 3.60. The third kappa shape index (κ3) is 4.10. The monoisotopic (exact) mass is 529 g/mol. The molecule has 3 heterocycles. The number of ether oxygens (including phenoxy) is 1. The number of aliphatic hydroxyl groups is 1. The van der Waals surface area contributed by atoms with Crippen molar-refractivity contribution in [2.24, 2.45) is 10.1 Å². The second-order valence-corrected chi connectivity index (χ2v) is 9.74. The van der Waals surface area contributed by atoms with Gasteiger partial charge >= 0.3 is 0 Å². The van der Waals surface area contributed by atoms with Crippen molar-refractivity contribution in [3.63, 3.8) is 0 Å². The molecule has 3 aromatic carbocycles. The Morgan fingerprint density at radius 3 is 2.63 bits per heavy atom. The van der Waals surface area contributed by atoms with E-state index in [-0.39, 0.29) is 0 Å². The summed E-state index contributed by atoms with van der Waals surface area (Å²) in [6.45, 7) is 3.75. The number of benzene rings is 3. The van der Waals surface area contributed by atoms with Gasteiger partial charge in [0.25, 0.3) is 5.96 Å². The first-order chi connectivity index (χ1) is 18.5. The summed E-state index contributed by atoms with van der Waals surface area (Å²) in [6.07, 6.45) is 1.87. The van der Waals surface area contributed by atoms with E-state index in [9.17, 15) is 5.11 Å². The van der Waals surface area contributed by atoms with Crippen LogP contribution in [-0.2, 0) is 16.9 Å². The van der Waals surface area contributed by atoms with Gasteiger partial charge in [0.1, 0.15) is 0 Å². The molecule has 1 unspecified atom stereocenters. The number of guanidine groups is 1. The Hall–Kier alpha value is -3.89. The van der Waals surface area contributed by atoms with Gasteiger partial charge in [-0.1, -0.05) is 54.1 Å². The minimum absolute atomic E-state index is 0.489. The lowest BCUT2D eigenvalue weighted by molar-refractivity contribution is 0.0929. The van der Waals surface area contributed by atoms with Crippen molar-refractivity contribution in [2.45, 2.75) is 19.1 Å². The average molecular weight is 530 g/mol. The number of hydrogen-bond donors (Lipinski definition) is 4. The van der Waals surface area contributed by atoms with Crippen molar-refractivity contribution in [3.05, 3.63) is 111 Å². The maximum Gasteiger partial charge on any atom is 0.265 e. The summed E-state index contributed by atoms with van der Waals surface area (Å²) >= 11 is 6.34. The Labute approximate surface area is 226 Å². The first-order valence-corrected chi connectivity index (χ1v) is 12.8. The van der Waals surface area contributed by atoms with Crippen LogP contribution in [0.1, 0.15) is 34.7 Å². The number of fused-ring (bicyclic) bond motifs is 3. The smallest absolute Gasteiger partial charge is 0.265 e. The predicted octanol–water partition coefficient (Wildman–Crippen LogP) is 3.40. The summed E-state index contributed by atoms with van der Waals surface area (Å²) in [5.41, 5.74) is 10.9. The SMILES string of the molecule is CCOCc1ccc(C(O)(C2=CNCN2C)c2ccc3c(c2)C(c2cccc(Cl)c2)=NC2=NNNN23)cc1. The normalized spacial score (nSPS) is 17.5. The summed E-state index contributed by atoms with van der Waals surface area (Å²) < 4.78 is 5.57. The van der Waals surface area contributed by atoms with E-state index in [1.165, 1.54) is 0 Å². The number of rotatable bonds is 7. The Bertz CT molecular complexity index is 1470. The lowest BCUT2D eigenvalue weighted by Crippen LogP contribution is -2.44. The molecule has 1 atom stereocenters. The molecule has 0 saturated heterocycles. The van der Waals surface area contributed by atoms with E-state index in [1.54, 1.807) is 5.01 Å². The van der Waals surface area contributed by atoms with E-state index in [0.29, 0.717) is 42.1 Å². The number of nitrogens with zero attached hydrogens (tertiary/aromatic N) is 4. The minimum atomic E-state index is -1.43. The van der Waals surface area contributed by atoms with Crippen LogP contribution in [0.2, 0.25) is 5.02 Å². The van der Waals surface area contributed by atoms with Gasteiger partial charge in [0.05, 0.1) is 30.4 Å². The van der Waals surface area contributed by atoms with E-state index >= 15 is 0 Å². The van der Waals surface area contributed by atoms with Crippen molar-refractivity contribution in [1.29, 1.82) is 0 Å². The molecule has 0 radical (unpaired) electrons. The summed E-state index contributed by atoms with van der Waals surface area (Å²) in [5.74, 6) is 0.489. The predicted molar refractivity (Wildman–Crippen MR) is 148 cm³/mol. The van der Waals surface area contributed by atoms with Gasteiger partial charge in [-0.2, -0.15) is 0 Å². The molecule has 0 saturated carbocycles. The number of aliphatic imine (C=N–C) groups is 1. The summed E-state index contributed by atoms with van der Waals surface area (Å²) in [4.78, 5) is 6.83. The molecule has 6 rings (SSSR count). The molecule has 4 N–H and O–H groups in total. The molecule has 0 spiro atoms. The van der Waals surface area contributed by atoms with E-state index < -0.39 is 5.60 Å². The van der Waals surface area contributed by atoms with E-state index in [2.05, 4.69) is 21.5 Å².